The lowest BCUT2D eigenvalue weighted by molar-refractivity contribution is -0.118. The van der Waals surface area contributed by atoms with E-state index in [-0.39, 0.29) is 18.3 Å². The zero-order chi connectivity index (χ0) is 15.2. The second-order valence-corrected chi connectivity index (χ2v) is 5.04. The molecule has 2 aromatic rings. The first-order valence-electron chi connectivity index (χ1n) is 6.83. The molecule has 0 fully saturated rings. The van der Waals surface area contributed by atoms with E-state index in [9.17, 15) is 9.18 Å². The highest BCUT2D eigenvalue weighted by Gasteiger charge is 2.09. The first kappa shape index (κ1) is 15.0. The molecular weight excluding hydrogens is 269 g/mol. The second-order valence-electron chi connectivity index (χ2n) is 5.04. The van der Waals surface area contributed by atoms with E-state index in [1.165, 1.54) is 24.3 Å². The van der Waals surface area contributed by atoms with Crippen molar-refractivity contribution in [1.82, 2.24) is 0 Å². The van der Waals surface area contributed by atoms with Gasteiger partial charge in [-0.1, -0.05) is 32.0 Å². The largest absolute Gasteiger partial charge is 0.483 e. The number of nitrogens with one attached hydrogen (secondary N) is 1. The molecule has 4 heteroatoms. The van der Waals surface area contributed by atoms with Crippen LogP contribution in [0.5, 0.6) is 5.75 Å². The fourth-order valence-electron chi connectivity index (χ4n) is 1.96. The van der Waals surface area contributed by atoms with E-state index >= 15 is 0 Å². The number of ether oxygens (including phenoxy) is 1. The van der Waals surface area contributed by atoms with Gasteiger partial charge in [0.1, 0.15) is 11.6 Å². The highest BCUT2D eigenvalue weighted by molar-refractivity contribution is 5.91. The molecule has 0 aliphatic heterocycles. The lowest BCUT2D eigenvalue weighted by atomic mass is 10.0. The summed E-state index contributed by atoms with van der Waals surface area (Å²) in [5.74, 6) is 0.415. The van der Waals surface area contributed by atoms with Crippen molar-refractivity contribution in [2.24, 2.45) is 0 Å². The Bertz CT molecular complexity index is 608. The summed E-state index contributed by atoms with van der Waals surface area (Å²) in [6.45, 7) is 4.06. The van der Waals surface area contributed by atoms with Gasteiger partial charge < -0.3 is 10.1 Å². The maximum Gasteiger partial charge on any atom is 0.262 e. The Morgan fingerprint density at radius 2 is 1.81 bits per heavy atom. The van der Waals surface area contributed by atoms with Gasteiger partial charge in [-0.3, -0.25) is 4.79 Å². The molecule has 0 radical (unpaired) electrons. The van der Waals surface area contributed by atoms with Crippen LogP contribution in [0.4, 0.5) is 10.1 Å². The van der Waals surface area contributed by atoms with Crippen LogP contribution in [-0.2, 0) is 4.79 Å². The molecule has 0 unspecified atom stereocenters. The Kier molecular flexibility index (Phi) is 4.93. The van der Waals surface area contributed by atoms with Crippen molar-refractivity contribution in [3.63, 3.8) is 0 Å². The number of hydrogen-bond acceptors (Lipinski definition) is 2. The van der Waals surface area contributed by atoms with Crippen LogP contribution in [0.1, 0.15) is 25.3 Å². The van der Waals surface area contributed by atoms with E-state index < -0.39 is 0 Å². The van der Waals surface area contributed by atoms with Crippen LogP contribution in [-0.4, -0.2) is 12.5 Å². The summed E-state index contributed by atoms with van der Waals surface area (Å²) in [5.41, 5.74) is 1.61. The van der Waals surface area contributed by atoms with Crippen LogP contribution in [0.25, 0.3) is 0 Å². The molecule has 2 aromatic carbocycles. The molecule has 0 heterocycles. The molecule has 0 saturated carbocycles. The first-order chi connectivity index (χ1) is 10.1. The van der Waals surface area contributed by atoms with Gasteiger partial charge >= 0.3 is 0 Å². The molecular formula is C17H18FNO2. The number of carbonyl (C=O) groups is 1. The van der Waals surface area contributed by atoms with Crippen LogP contribution in [0.2, 0.25) is 0 Å². The Morgan fingerprint density at radius 3 is 2.48 bits per heavy atom. The SMILES string of the molecule is CC(C)c1ccccc1OCC(=O)Nc1ccc(F)cc1. The highest BCUT2D eigenvalue weighted by Crippen LogP contribution is 2.25. The van der Waals surface area contributed by atoms with Crippen LogP contribution in [0.3, 0.4) is 0 Å². The topological polar surface area (TPSA) is 38.3 Å². The summed E-state index contributed by atoms with van der Waals surface area (Å²) in [5, 5.41) is 2.66. The average molecular weight is 287 g/mol. The molecule has 110 valence electrons. The summed E-state index contributed by atoms with van der Waals surface area (Å²) >= 11 is 0. The van der Waals surface area contributed by atoms with Gasteiger partial charge in [-0.05, 0) is 41.8 Å². The molecule has 1 N–H and O–H groups in total. The van der Waals surface area contributed by atoms with Gasteiger partial charge in [-0.2, -0.15) is 0 Å². The Morgan fingerprint density at radius 1 is 1.14 bits per heavy atom. The molecule has 0 saturated heterocycles. The van der Waals surface area contributed by atoms with Gasteiger partial charge in [0, 0.05) is 5.69 Å². The van der Waals surface area contributed by atoms with Crippen molar-refractivity contribution < 1.29 is 13.9 Å². The third-order valence-electron chi connectivity index (χ3n) is 3.03. The number of para-hydroxylation sites is 1. The number of halogens is 1. The predicted molar refractivity (Wildman–Crippen MR) is 81.1 cm³/mol. The monoisotopic (exact) mass is 287 g/mol. The Balaban J connectivity index is 1.94. The number of benzene rings is 2. The Hall–Kier alpha value is -2.36. The number of rotatable bonds is 5. The number of anilines is 1. The third-order valence-corrected chi connectivity index (χ3v) is 3.03. The van der Waals surface area contributed by atoms with E-state index in [0.717, 1.165) is 5.56 Å². The molecule has 0 bridgehead atoms. The van der Waals surface area contributed by atoms with Crippen molar-refractivity contribution in [2.45, 2.75) is 19.8 Å². The van der Waals surface area contributed by atoms with Crippen LogP contribution < -0.4 is 10.1 Å². The van der Waals surface area contributed by atoms with Crippen LogP contribution in [0.15, 0.2) is 48.5 Å². The number of carbonyl (C=O) groups excluding carboxylic acids is 1. The van der Waals surface area contributed by atoms with E-state index in [1.54, 1.807) is 0 Å². The summed E-state index contributed by atoms with van der Waals surface area (Å²) < 4.78 is 18.3. The third kappa shape index (κ3) is 4.31. The standard InChI is InChI=1S/C17H18FNO2/c1-12(2)15-5-3-4-6-16(15)21-11-17(20)19-14-9-7-13(18)8-10-14/h3-10,12H,11H2,1-2H3,(H,19,20). The van der Waals surface area contributed by atoms with Crippen molar-refractivity contribution in [3.8, 4) is 5.75 Å². The lowest BCUT2D eigenvalue weighted by Crippen LogP contribution is -2.20. The fourth-order valence-corrected chi connectivity index (χ4v) is 1.96. The van der Waals surface area contributed by atoms with E-state index in [2.05, 4.69) is 19.2 Å². The Labute approximate surface area is 123 Å². The molecule has 2 rings (SSSR count). The van der Waals surface area contributed by atoms with Gasteiger partial charge in [0.05, 0.1) is 0 Å². The van der Waals surface area contributed by atoms with E-state index in [1.807, 2.05) is 24.3 Å². The summed E-state index contributed by atoms with van der Waals surface area (Å²) in [4.78, 5) is 11.8. The highest BCUT2D eigenvalue weighted by atomic mass is 19.1. The number of amides is 1. The van der Waals surface area contributed by atoms with Crippen LogP contribution in [0, 0.1) is 5.82 Å². The van der Waals surface area contributed by atoms with Crippen molar-refractivity contribution >= 4 is 11.6 Å². The minimum absolute atomic E-state index is 0.0822. The minimum Gasteiger partial charge on any atom is -0.483 e. The fraction of sp³-hybridized carbons (Fsp3) is 0.235. The predicted octanol–water partition coefficient (Wildman–Crippen LogP) is 3.97. The first-order valence-corrected chi connectivity index (χ1v) is 6.83. The minimum atomic E-state index is -0.338. The van der Waals surface area contributed by atoms with Crippen LogP contribution >= 0.6 is 0 Å². The smallest absolute Gasteiger partial charge is 0.262 e. The average Bonchev–Trinajstić information content (AvgIpc) is 2.48. The quantitative estimate of drug-likeness (QED) is 0.903. The maximum absolute atomic E-state index is 12.8. The zero-order valence-corrected chi connectivity index (χ0v) is 12.1. The van der Waals surface area contributed by atoms with Gasteiger partial charge in [0.25, 0.3) is 5.91 Å². The maximum atomic E-state index is 12.8. The molecule has 0 aliphatic carbocycles. The van der Waals surface area contributed by atoms with Crippen molar-refractivity contribution in [2.75, 3.05) is 11.9 Å². The van der Waals surface area contributed by atoms with E-state index in [4.69, 9.17) is 4.74 Å². The van der Waals surface area contributed by atoms with E-state index in [0.29, 0.717) is 17.4 Å². The summed E-state index contributed by atoms with van der Waals surface area (Å²) in [6.07, 6.45) is 0. The molecule has 3 nitrogen and oxygen atoms in total. The molecule has 1 amide bonds. The van der Waals surface area contributed by atoms with Crippen molar-refractivity contribution in [3.05, 3.63) is 59.9 Å². The molecule has 0 atom stereocenters. The second kappa shape index (κ2) is 6.88. The van der Waals surface area contributed by atoms with Gasteiger partial charge in [0.2, 0.25) is 0 Å². The normalized spacial score (nSPS) is 10.5. The molecule has 0 aliphatic rings. The summed E-state index contributed by atoms with van der Waals surface area (Å²) in [7, 11) is 0. The molecule has 0 aromatic heterocycles. The summed E-state index contributed by atoms with van der Waals surface area (Å²) in [6, 6.07) is 13.3. The van der Waals surface area contributed by atoms with Gasteiger partial charge in [0.15, 0.2) is 6.61 Å². The number of hydrogen-bond donors (Lipinski definition) is 1. The lowest BCUT2D eigenvalue weighted by Gasteiger charge is -2.13. The molecule has 0 spiro atoms. The molecule has 21 heavy (non-hydrogen) atoms. The van der Waals surface area contributed by atoms with Crippen molar-refractivity contribution in [1.29, 1.82) is 0 Å². The van der Waals surface area contributed by atoms with Gasteiger partial charge in [-0.15, -0.1) is 0 Å². The van der Waals surface area contributed by atoms with Gasteiger partial charge in [-0.25, -0.2) is 4.39 Å². The zero-order valence-electron chi connectivity index (χ0n) is 12.1.